The summed E-state index contributed by atoms with van der Waals surface area (Å²) in [6.45, 7) is 3.65. The lowest BCUT2D eigenvalue weighted by Gasteiger charge is -2.13. The summed E-state index contributed by atoms with van der Waals surface area (Å²) in [4.78, 5) is 24.3. The first kappa shape index (κ1) is 16.5. The zero-order valence-electron chi connectivity index (χ0n) is 12.9. The van der Waals surface area contributed by atoms with Crippen LogP contribution in [0.4, 0.5) is 5.13 Å². The number of fused-ring (bicyclic) bond motifs is 1. The molecule has 0 bridgehead atoms. The van der Waals surface area contributed by atoms with Crippen molar-refractivity contribution in [2.75, 3.05) is 11.9 Å². The van der Waals surface area contributed by atoms with Gasteiger partial charge in [-0.15, -0.1) is 10.2 Å². The quantitative estimate of drug-likeness (QED) is 0.881. The van der Waals surface area contributed by atoms with Crippen molar-refractivity contribution in [2.45, 2.75) is 25.2 Å². The monoisotopic (exact) mass is 366 g/mol. The number of rotatable bonds is 4. The normalized spacial score (nSPS) is 15.4. The topological polar surface area (TPSA) is 109 Å². The van der Waals surface area contributed by atoms with Crippen molar-refractivity contribution >= 4 is 38.3 Å². The highest BCUT2D eigenvalue weighted by Gasteiger charge is 2.40. The van der Waals surface area contributed by atoms with E-state index in [0.29, 0.717) is 16.6 Å². The van der Waals surface area contributed by atoms with Gasteiger partial charge in [0, 0.05) is 12.1 Å². The molecule has 1 aromatic carbocycles. The number of amides is 2. The van der Waals surface area contributed by atoms with E-state index in [0.717, 1.165) is 4.31 Å². The summed E-state index contributed by atoms with van der Waals surface area (Å²) in [6, 6.07) is 4.01. The summed E-state index contributed by atoms with van der Waals surface area (Å²) in [5.41, 5.74) is 0.225. The van der Waals surface area contributed by atoms with Gasteiger partial charge in [-0.25, -0.2) is 12.7 Å². The Morgan fingerprint density at radius 1 is 1.33 bits per heavy atom. The maximum Gasteiger partial charge on any atom is 0.269 e. The van der Waals surface area contributed by atoms with Gasteiger partial charge in [0.05, 0.1) is 5.56 Å². The van der Waals surface area contributed by atoms with Crippen molar-refractivity contribution in [3.63, 3.8) is 0 Å². The predicted octanol–water partition coefficient (Wildman–Crippen LogP) is 1.65. The van der Waals surface area contributed by atoms with E-state index < -0.39 is 21.8 Å². The number of nitrogens with one attached hydrogen (secondary N) is 1. The van der Waals surface area contributed by atoms with Gasteiger partial charge in [0.15, 0.2) is 0 Å². The van der Waals surface area contributed by atoms with E-state index in [1.54, 1.807) is 13.8 Å². The highest BCUT2D eigenvalue weighted by atomic mass is 32.2. The lowest BCUT2D eigenvalue weighted by Crippen LogP contribution is -2.30. The second-order valence-electron chi connectivity index (χ2n) is 5.17. The van der Waals surface area contributed by atoms with Gasteiger partial charge in [-0.3, -0.25) is 14.9 Å². The van der Waals surface area contributed by atoms with E-state index in [1.165, 1.54) is 29.5 Å². The fourth-order valence-corrected chi connectivity index (χ4v) is 4.63. The molecule has 0 spiro atoms. The molecule has 24 heavy (non-hydrogen) atoms. The average Bonchev–Trinajstić information content (AvgIpc) is 3.02. The molecule has 0 atom stereocenters. The summed E-state index contributed by atoms with van der Waals surface area (Å²) in [5.74, 6) is -1.07. The van der Waals surface area contributed by atoms with Crippen LogP contribution >= 0.6 is 11.3 Å². The number of carbonyl (C=O) groups is 2. The molecule has 8 nitrogen and oxygen atoms in total. The van der Waals surface area contributed by atoms with Gasteiger partial charge in [-0.2, -0.15) is 0 Å². The number of aryl methyl sites for hydroxylation is 1. The minimum Gasteiger partial charge on any atom is -0.296 e. The largest absolute Gasteiger partial charge is 0.296 e. The van der Waals surface area contributed by atoms with E-state index in [1.807, 2.05) is 0 Å². The molecular formula is C14H14N4O4S2. The van der Waals surface area contributed by atoms with Gasteiger partial charge in [-0.1, -0.05) is 18.3 Å². The number of anilines is 1. The third-order valence-electron chi connectivity index (χ3n) is 3.44. The first-order chi connectivity index (χ1) is 11.3. The molecule has 10 heteroatoms. The van der Waals surface area contributed by atoms with E-state index in [-0.39, 0.29) is 22.6 Å². The summed E-state index contributed by atoms with van der Waals surface area (Å²) in [5, 5.41) is 11.2. The Morgan fingerprint density at radius 3 is 2.71 bits per heavy atom. The Balaban J connectivity index is 1.94. The maximum absolute atomic E-state index is 12.5. The van der Waals surface area contributed by atoms with Crippen LogP contribution in [-0.4, -0.2) is 41.3 Å². The number of sulfonamides is 1. The Bertz CT molecular complexity index is 936. The van der Waals surface area contributed by atoms with Gasteiger partial charge >= 0.3 is 0 Å². The van der Waals surface area contributed by atoms with Crippen LogP contribution in [0.2, 0.25) is 0 Å². The van der Waals surface area contributed by atoms with Crippen LogP contribution in [0.5, 0.6) is 0 Å². The molecule has 0 saturated heterocycles. The molecule has 0 aliphatic carbocycles. The molecule has 1 aromatic heterocycles. The van der Waals surface area contributed by atoms with Gasteiger partial charge < -0.3 is 0 Å². The molecule has 0 unspecified atom stereocenters. The van der Waals surface area contributed by atoms with Crippen molar-refractivity contribution < 1.29 is 18.0 Å². The number of nitrogens with zero attached hydrogens (tertiary/aromatic N) is 3. The SMILES string of the molecule is CCCN1C(=O)c2ccc(C(=O)Nc3nnc(C)s3)cc2S1(=O)=O. The Hall–Kier alpha value is -2.33. The van der Waals surface area contributed by atoms with Crippen molar-refractivity contribution in [3.05, 3.63) is 34.3 Å². The van der Waals surface area contributed by atoms with Gasteiger partial charge in [0.25, 0.3) is 21.8 Å². The summed E-state index contributed by atoms with van der Waals surface area (Å²) >= 11 is 1.21. The van der Waals surface area contributed by atoms with Crippen LogP contribution in [0.3, 0.4) is 0 Å². The third kappa shape index (κ3) is 2.67. The molecule has 1 aliphatic heterocycles. The molecule has 2 aromatic rings. The highest BCUT2D eigenvalue weighted by Crippen LogP contribution is 2.31. The van der Waals surface area contributed by atoms with Gasteiger partial charge in [0.2, 0.25) is 5.13 Å². The zero-order chi connectivity index (χ0) is 17.5. The Labute approximate surface area is 142 Å². The lowest BCUT2D eigenvalue weighted by atomic mass is 10.1. The number of carbonyl (C=O) groups excluding carboxylic acids is 2. The first-order valence-electron chi connectivity index (χ1n) is 7.17. The molecule has 3 rings (SSSR count). The van der Waals surface area contributed by atoms with Crippen molar-refractivity contribution in [3.8, 4) is 0 Å². The molecular weight excluding hydrogens is 352 g/mol. The van der Waals surface area contributed by atoms with Crippen LogP contribution in [0.1, 0.15) is 39.1 Å². The molecule has 2 amide bonds. The smallest absolute Gasteiger partial charge is 0.269 e. The molecule has 0 saturated carbocycles. The summed E-state index contributed by atoms with van der Waals surface area (Å²) in [6.07, 6.45) is 0.517. The summed E-state index contributed by atoms with van der Waals surface area (Å²) in [7, 11) is -3.90. The van der Waals surface area contributed by atoms with Crippen molar-refractivity contribution in [2.24, 2.45) is 0 Å². The van der Waals surface area contributed by atoms with Crippen LogP contribution in [0, 0.1) is 6.92 Å². The molecule has 0 radical (unpaired) electrons. The maximum atomic E-state index is 12.5. The Morgan fingerprint density at radius 2 is 2.08 bits per heavy atom. The van der Waals surface area contributed by atoms with E-state index in [4.69, 9.17) is 0 Å². The zero-order valence-corrected chi connectivity index (χ0v) is 14.6. The average molecular weight is 366 g/mol. The number of aromatic nitrogens is 2. The highest BCUT2D eigenvalue weighted by molar-refractivity contribution is 7.90. The van der Waals surface area contributed by atoms with Crippen molar-refractivity contribution in [1.82, 2.24) is 14.5 Å². The fourth-order valence-electron chi connectivity index (χ4n) is 2.36. The second kappa shape index (κ2) is 5.95. The molecule has 1 N–H and O–H groups in total. The van der Waals surface area contributed by atoms with Crippen LogP contribution in [0.15, 0.2) is 23.1 Å². The van der Waals surface area contributed by atoms with Gasteiger partial charge in [0.1, 0.15) is 9.90 Å². The number of benzene rings is 1. The second-order valence-corrected chi connectivity index (χ2v) is 8.19. The van der Waals surface area contributed by atoms with Crippen molar-refractivity contribution in [1.29, 1.82) is 0 Å². The van der Waals surface area contributed by atoms with Crippen LogP contribution in [0.25, 0.3) is 0 Å². The molecule has 126 valence electrons. The third-order valence-corrected chi connectivity index (χ3v) is 6.02. The standard InChI is InChI=1S/C14H14N4O4S2/c1-3-6-18-13(20)10-5-4-9(7-11(10)24(18,21)22)12(19)15-14-17-16-8(2)23-14/h4-5,7H,3,6H2,1-2H3,(H,15,17,19). The van der Waals surface area contributed by atoms with Gasteiger partial charge in [-0.05, 0) is 31.5 Å². The lowest BCUT2D eigenvalue weighted by molar-refractivity contribution is 0.0870. The van der Waals surface area contributed by atoms with Crippen LogP contribution < -0.4 is 5.32 Å². The molecule has 2 heterocycles. The van der Waals surface area contributed by atoms with E-state index in [9.17, 15) is 18.0 Å². The van der Waals surface area contributed by atoms with Crippen LogP contribution in [-0.2, 0) is 10.0 Å². The molecule has 1 aliphatic rings. The minimum absolute atomic E-state index is 0.0896. The Kier molecular flexibility index (Phi) is 4.10. The van der Waals surface area contributed by atoms with E-state index >= 15 is 0 Å². The summed E-state index contributed by atoms with van der Waals surface area (Å²) < 4.78 is 25.8. The predicted molar refractivity (Wildman–Crippen MR) is 87.6 cm³/mol. The molecule has 0 fully saturated rings. The minimum atomic E-state index is -3.90. The fraction of sp³-hybridized carbons (Fsp3) is 0.286. The number of hydrogen-bond donors (Lipinski definition) is 1. The first-order valence-corrected chi connectivity index (χ1v) is 9.43. The van der Waals surface area contributed by atoms with E-state index in [2.05, 4.69) is 15.5 Å². The number of hydrogen-bond acceptors (Lipinski definition) is 7.